The number of oxime groups is 1. The molecule has 2 fully saturated rings. The van der Waals surface area contributed by atoms with E-state index in [4.69, 9.17) is 10.9 Å². The van der Waals surface area contributed by atoms with Gasteiger partial charge in [0.25, 0.3) is 0 Å². The van der Waals surface area contributed by atoms with Gasteiger partial charge in [-0.25, -0.2) is 13.1 Å². The summed E-state index contributed by atoms with van der Waals surface area (Å²) >= 11 is 0. The summed E-state index contributed by atoms with van der Waals surface area (Å²) < 4.78 is 27.7. The maximum absolute atomic E-state index is 12.5. The first kappa shape index (κ1) is 14.6. The molecule has 19 heavy (non-hydrogen) atoms. The molecule has 0 heterocycles. The highest BCUT2D eigenvalue weighted by atomic mass is 32.2. The van der Waals surface area contributed by atoms with Crippen LogP contribution in [0.3, 0.4) is 0 Å². The molecule has 2 saturated carbocycles. The van der Waals surface area contributed by atoms with E-state index in [-0.39, 0.29) is 11.1 Å². The summed E-state index contributed by atoms with van der Waals surface area (Å²) in [5, 5.41) is 11.6. The second-order valence-electron chi connectivity index (χ2n) is 5.68. The normalized spacial score (nSPS) is 25.6. The highest BCUT2D eigenvalue weighted by molar-refractivity contribution is 7.90. The molecule has 0 saturated heterocycles. The van der Waals surface area contributed by atoms with Crippen LogP contribution in [-0.2, 0) is 10.0 Å². The molecular formula is C12H23N3O3S. The maximum atomic E-state index is 12.5. The third-order valence-corrected chi connectivity index (χ3v) is 6.41. The van der Waals surface area contributed by atoms with Crippen LogP contribution in [0.5, 0.6) is 0 Å². The largest absolute Gasteiger partial charge is 0.409 e. The molecule has 6 nitrogen and oxygen atoms in total. The van der Waals surface area contributed by atoms with Gasteiger partial charge in [0.05, 0.1) is 10.8 Å². The summed E-state index contributed by atoms with van der Waals surface area (Å²) in [5.41, 5.74) is 4.85. The van der Waals surface area contributed by atoms with E-state index in [2.05, 4.69) is 9.88 Å². The van der Waals surface area contributed by atoms with E-state index in [9.17, 15) is 8.42 Å². The van der Waals surface area contributed by atoms with Crippen molar-refractivity contribution in [2.75, 3.05) is 0 Å². The molecule has 0 amide bonds. The fourth-order valence-corrected chi connectivity index (χ4v) is 5.19. The van der Waals surface area contributed by atoms with Crippen LogP contribution in [0.2, 0.25) is 0 Å². The molecule has 7 heteroatoms. The van der Waals surface area contributed by atoms with Gasteiger partial charge in [0.15, 0.2) is 5.84 Å². The van der Waals surface area contributed by atoms with Crippen LogP contribution in [-0.4, -0.2) is 30.2 Å². The van der Waals surface area contributed by atoms with Crippen LogP contribution in [0.15, 0.2) is 5.16 Å². The van der Waals surface area contributed by atoms with Gasteiger partial charge in [-0.2, -0.15) is 0 Å². The highest BCUT2D eigenvalue weighted by Gasteiger charge is 2.43. The van der Waals surface area contributed by atoms with Crippen LogP contribution < -0.4 is 10.5 Å². The lowest BCUT2D eigenvalue weighted by molar-refractivity contribution is 0.309. The fourth-order valence-electron chi connectivity index (χ4n) is 3.22. The predicted octanol–water partition coefficient (Wildman–Crippen LogP) is 1.30. The first-order chi connectivity index (χ1) is 9.00. The first-order valence-electron chi connectivity index (χ1n) is 7.01. The Kier molecular flexibility index (Phi) is 4.35. The average Bonchev–Trinajstić information content (AvgIpc) is 2.88. The molecule has 110 valence electrons. The molecule has 0 bridgehead atoms. The van der Waals surface area contributed by atoms with Gasteiger partial charge >= 0.3 is 0 Å². The van der Waals surface area contributed by atoms with E-state index in [1.807, 2.05) is 0 Å². The van der Waals surface area contributed by atoms with E-state index in [0.29, 0.717) is 25.7 Å². The number of rotatable bonds is 4. The minimum absolute atomic E-state index is 0.00983. The van der Waals surface area contributed by atoms with Gasteiger partial charge in [0.2, 0.25) is 10.0 Å². The summed E-state index contributed by atoms with van der Waals surface area (Å²) in [6.07, 6.45) is 7.45. The number of hydrogen-bond donors (Lipinski definition) is 3. The molecular weight excluding hydrogens is 266 g/mol. The van der Waals surface area contributed by atoms with Gasteiger partial charge in [-0.3, -0.25) is 0 Å². The Morgan fingerprint density at radius 3 is 2.26 bits per heavy atom. The molecule has 2 rings (SSSR count). The minimum atomic E-state index is -3.40. The Labute approximate surface area is 114 Å². The van der Waals surface area contributed by atoms with Crippen molar-refractivity contribution in [2.45, 2.75) is 68.6 Å². The van der Waals surface area contributed by atoms with E-state index in [0.717, 1.165) is 32.1 Å². The molecule has 2 aliphatic rings. The van der Waals surface area contributed by atoms with Gasteiger partial charge in [-0.05, 0) is 25.7 Å². The third kappa shape index (κ3) is 3.02. The Morgan fingerprint density at radius 1 is 1.16 bits per heavy atom. The summed E-state index contributed by atoms with van der Waals surface area (Å²) in [6.45, 7) is 0. The zero-order valence-corrected chi connectivity index (χ0v) is 12.0. The lowest BCUT2D eigenvalue weighted by atomic mass is 9.98. The van der Waals surface area contributed by atoms with Crippen LogP contribution >= 0.6 is 0 Å². The van der Waals surface area contributed by atoms with Crippen molar-refractivity contribution in [3.63, 3.8) is 0 Å². The zero-order chi connectivity index (χ0) is 13.9. The number of sulfonamides is 1. The molecule has 0 aromatic heterocycles. The maximum Gasteiger partial charge on any atom is 0.215 e. The van der Waals surface area contributed by atoms with Crippen molar-refractivity contribution < 1.29 is 13.6 Å². The Hall–Kier alpha value is -0.820. The standard InChI is InChI=1S/C12H23N3O3S/c13-11(14-16)12(8-4-5-9-12)15-19(17,18)10-6-2-1-3-7-10/h10,15-16H,1-9H2,(H2,13,14). The number of nitrogens with two attached hydrogens (primary N) is 1. The molecule has 4 N–H and O–H groups in total. The number of nitrogens with one attached hydrogen (secondary N) is 1. The van der Waals surface area contributed by atoms with Crippen molar-refractivity contribution >= 4 is 15.9 Å². The summed E-state index contributed by atoms with van der Waals surface area (Å²) in [7, 11) is -3.40. The Bertz CT molecular complexity index is 435. The Morgan fingerprint density at radius 2 is 1.74 bits per heavy atom. The molecule has 0 unspecified atom stereocenters. The summed E-state index contributed by atoms with van der Waals surface area (Å²) in [6, 6.07) is 0. The quantitative estimate of drug-likeness (QED) is 0.314. The topological polar surface area (TPSA) is 105 Å². The van der Waals surface area contributed by atoms with Crippen LogP contribution in [0.1, 0.15) is 57.8 Å². The van der Waals surface area contributed by atoms with Crippen LogP contribution in [0, 0.1) is 0 Å². The third-order valence-electron chi connectivity index (χ3n) is 4.38. The Balaban J connectivity index is 2.16. The smallest absolute Gasteiger partial charge is 0.215 e. The SMILES string of the molecule is N/C(=N/O)C1(NS(=O)(=O)C2CCCCC2)CCCC1. The molecule has 2 aliphatic carbocycles. The summed E-state index contributed by atoms with van der Waals surface area (Å²) in [4.78, 5) is 0. The van der Waals surface area contributed by atoms with E-state index >= 15 is 0 Å². The zero-order valence-electron chi connectivity index (χ0n) is 11.1. The van der Waals surface area contributed by atoms with Crippen molar-refractivity contribution in [1.82, 2.24) is 4.72 Å². The molecule has 0 radical (unpaired) electrons. The molecule has 0 aromatic carbocycles. The van der Waals surface area contributed by atoms with Crippen LogP contribution in [0.25, 0.3) is 0 Å². The van der Waals surface area contributed by atoms with Crippen LogP contribution in [0.4, 0.5) is 0 Å². The second kappa shape index (κ2) is 5.66. The van der Waals surface area contributed by atoms with Gasteiger partial charge in [0, 0.05) is 0 Å². The lowest BCUT2D eigenvalue weighted by Crippen LogP contribution is -2.57. The van der Waals surface area contributed by atoms with Crippen molar-refractivity contribution in [2.24, 2.45) is 10.9 Å². The average molecular weight is 289 g/mol. The van der Waals surface area contributed by atoms with E-state index < -0.39 is 15.6 Å². The molecule has 0 spiro atoms. The van der Waals surface area contributed by atoms with E-state index in [1.54, 1.807) is 0 Å². The fraction of sp³-hybridized carbons (Fsp3) is 0.917. The minimum Gasteiger partial charge on any atom is -0.409 e. The second-order valence-corrected chi connectivity index (χ2v) is 7.64. The lowest BCUT2D eigenvalue weighted by Gasteiger charge is -2.31. The van der Waals surface area contributed by atoms with Gasteiger partial charge < -0.3 is 10.9 Å². The van der Waals surface area contributed by atoms with Gasteiger partial charge in [-0.15, -0.1) is 0 Å². The summed E-state index contributed by atoms with van der Waals surface area (Å²) in [5.74, 6) is -0.00983. The van der Waals surface area contributed by atoms with Gasteiger partial charge in [0.1, 0.15) is 0 Å². The number of nitrogens with zero attached hydrogens (tertiary/aromatic N) is 1. The van der Waals surface area contributed by atoms with Crippen molar-refractivity contribution in [3.05, 3.63) is 0 Å². The van der Waals surface area contributed by atoms with Gasteiger partial charge in [-0.1, -0.05) is 37.3 Å². The highest BCUT2D eigenvalue weighted by Crippen LogP contribution is 2.32. The van der Waals surface area contributed by atoms with Crippen molar-refractivity contribution in [1.29, 1.82) is 0 Å². The monoisotopic (exact) mass is 289 g/mol. The molecule has 0 aliphatic heterocycles. The predicted molar refractivity (Wildman–Crippen MR) is 73.5 cm³/mol. The van der Waals surface area contributed by atoms with E-state index in [1.165, 1.54) is 0 Å². The molecule has 0 aromatic rings. The van der Waals surface area contributed by atoms with Crippen molar-refractivity contribution in [3.8, 4) is 0 Å². The number of hydrogen-bond acceptors (Lipinski definition) is 4. The number of amidine groups is 1. The first-order valence-corrected chi connectivity index (χ1v) is 8.56. The molecule has 0 atom stereocenters.